The Labute approximate surface area is 272 Å². The van der Waals surface area contributed by atoms with E-state index in [4.69, 9.17) is 20.4 Å². The minimum atomic E-state index is -0.0449. The van der Waals surface area contributed by atoms with Crippen molar-refractivity contribution >= 4 is 28.0 Å². The number of imidazole rings is 1. The van der Waals surface area contributed by atoms with Crippen molar-refractivity contribution in [1.82, 2.24) is 39.0 Å². The van der Waals surface area contributed by atoms with Crippen LogP contribution in [0.25, 0.3) is 56.1 Å². The molecule has 2 atom stereocenters. The van der Waals surface area contributed by atoms with Crippen LogP contribution in [-0.2, 0) is 13.6 Å². The minimum absolute atomic E-state index is 0.0122. The van der Waals surface area contributed by atoms with Crippen LogP contribution in [0.15, 0.2) is 67.4 Å². The van der Waals surface area contributed by atoms with E-state index in [1.807, 2.05) is 42.3 Å². The van der Waals surface area contributed by atoms with E-state index in [2.05, 4.69) is 43.1 Å². The van der Waals surface area contributed by atoms with Crippen molar-refractivity contribution < 1.29 is 9.53 Å². The summed E-state index contributed by atoms with van der Waals surface area (Å²) in [7, 11) is 3.64. The monoisotopic (exact) mass is 627 g/mol. The number of hydrogen-bond acceptors (Lipinski definition) is 8. The van der Waals surface area contributed by atoms with Gasteiger partial charge in [-0.3, -0.25) is 9.78 Å². The van der Waals surface area contributed by atoms with Crippen LogP contribution < -0.4 is 10.5 Å². The predicted octanol–water partition coefficient (Wildman–Crippen LogP) is 5.48. The van der Waals surface area contributed by atoms with Crippen molar-refractivity contribution in [2.75, 3.05) is 13.7 Å². The highest BCUT2D eigenvalue weighted by Crippen LogP contribution is 2.39. The number of methoxy groups -OCH3 is 1. The number of rotatable bonds is 7. The predicted molar refractivity (Wildman–Crippen MR) is 181 cm³/mol. The summed E-state index contributed by atoms with van der Waals surface area (Å²) < 4.78 is 10.2. The molecule has 2 N–H and O–H groups in total. The van der Waals surface area contributed by atoms with Crippen molar-refractivity contribution in [3.63, 3.8) is 0 Å². The Morgan fingerprint density at radius 3 is 2.66 bits per heavy atom. The van der Waals surface area contributed by atoms with E-state index in [0.717, 1.165) is 70.0 Å². The van der Waals surface area contributed by atoms with Gasteiger partial charge in [-0.15, -0.1) is 0 Å². The highest BCUT2D eigenvalue weighted by atomic mass is 16.5. The largest absolute Gasteiger partial charge is 0.494 e. The molecule has 238 valence electrons. The molecule has 0 radical (unpaired) electrons. The number of carbonyl (C=O) groups excluding carboxylic acids is 1. The van der Waals surface area contributed by atoms with E-state index in [9.17, 15) is 4.79 Å². The van der Waals surface area contributed by atoms with Gasteiger partial charge in [-0.05, 0) is 81.0 Å². The van der Waals surface area contributed by atoms with Crippen LogP contribution in [0.2, 0.25) is 0 Å². The number of fused-ring (bicyclic) bond motifs is 2. The number of nitrogens with zero attached hydrogens (tertiary/aromatic N) is 8. The lowest BCUT2D eigenvalue weighted by molar-refractivity contribution is 0.0612. The topological polar surface area (TPSA) is 130 Å². The Kier molecular flexibility index (Phi) is 7.20. The second-order valence-corrected chi connectivity index (χ2v) is 12.9. The van der Waals surface area contributed by atoms with Gasteiger partial charge < -0.3 is 24.5 Å². The lowest BCUT2D eigenvalue weighted by Crippen LogP contribution is -2.50. The molecule has 0 unspecified atom stereocenters. The molecule has 8 rings (SSSR count). The maximum Gasteiger partial charge on any atom is 0.254 e. The summed E-state index contributed by atoms with van der Waals surface area (Å²) >= 11 is 0. The van der Waals surface area contributed by atoms with Gasteiger partial charge >= 0.3 is 0 Å². The summed E-state index contributed by atoms with van der Waals surface area (Å²) in [6.45, 7) is 3.48. The molecular weight excluding hydrogens is 590 g/mol. The number of pyridine rings is 2. The van der Waals surface area contributed by atoms with Gasteiger partial charge in [0.25, 0.3) is 5.91 Å². The molecule has 1 saturated carbocycles. The fourth-order valence-corrected chi connectivity index (χ4v) is 6.87. The zero-order valence-corrected chi connectivity index (χ0v) is 26.8. The third kappa shape index (κ3) is 5.20. The molecule has 0 spiro atoms. The number of amides is 1. The van der Waals surface area contributed by atoms with Crippen LogP contribution in [0, 0.1) is 5.92 Å². The number of aromatic nitrogens is 7. The molecular formula is C36H37N9O2. The number of nitrogens with two attached hydrogens (primary N) is 1. The first-order chi connectivity index (χ1) is 22.9. The normalized spacial score (nSPS) is 18.3. The average molecular weight is 628 g/mol. The van der Waals surface area contributed by atoms with Crippen LogP contribution in [0.5, 0.6) is 5.75 Å². The zero-order chi connectivity index (χ0) is 32.2. The summed E-state index contributed by atoms with van der Waals surface area (Å²) in [5.41, 5.74) is 13.6. The van der Waals surface area contributed by atoms with E-state index in [-0.39, 0.29) is 18.0 Å². The lowest BCUT2D eigenvalue weighted by Gasteiger charge is -2.36. The minimum Gasteiger partial charge on any atom is -0.494 e. The molecule has 1 amide bonds. The molecule has 11 nitrogen and oxygen atoms in total. The van der Waals surface area contributed by atoms with Gasteiger partial charge in [0.15, 0.2) is 5.82 Å². The first kappa shape index (κ1) is 29.3. The number of ether oxygens (including phenoxy) is 1. The molecule has 6 heterocycles. The van der Waals surface area contributed by atoms with E-state index in [0.29, 0.717) is 29.3 Å². The van der Waals surface area contributed by atoms with Gasteiger partial charge in [0, 0.05) is 72.9 Å². The van der Waals surface area contributed by atoms with Crippen LogP contribution in [0.4, 0.5) is 0 Å². The molecule has 1 aromatic carbocycles. The molecule has 6 aromatic rings. The maximum absolute atomic E-state index is 13.7. The Morgan fingerprint density at radius 1 is 1.04 bits per heavy atom. The maximum atomic E-state index is 13.7. The Morgan fingerprint density at radius 2 is 1.87 bits per heavy atom. The van der Waals surface area contributed by atoms with Crippen molar-refractivity contribution in [1.29, 1.82) is 0 Å². The molecule has 1 aliphatic carbocycles. The Hall–Kier alpha value is -5.16. The fourth-order valence-electron chi connectivity index (χ4n) is 6.87. The molecule has 1 aliphatic heterocycles. The standard InChI is InChI=1S/C36H37N9O2/c1-21-6-10-26(37)19-44(21)36(46)24-13-29-33(31(15-24)47-3)43(2)35(42-29)30-14-23-9-11-28(41-34(23)45(30)18-22-7-8-22)27-5-4-12-40-32(27)25-16-38-20-39-17-25/h4-5,9,11-17,20-22,26H,6-8,10,18-19,37H2,1-3H3/t21-,26+/m0/s1. The first-order valence-electron chi connectivity index (χ1n) is 16.2. The number of carbonyl (C=O) groups is 1. The summed E-state index contributed by atoms with van der Waals surface area (Å²) in [6.07, 6.45) is 11.0. The van der Waals surface area contributed by atoms with E-state index in [1.165, 1.54) is 19.2 Å². The number of piperidine rings is 1. The van der Waals surface area contributed by atoms with Gasteiger partial charge in [-0.25, -0.2) is 19.9 Å². The second kappa shape index (κ2) is 11.6. The van der Waals surface area contributed by atoms with Crippen molar-refractivity contribution in [2.45, 2.75) is 51.2 Å². The second-order valence-electron chi connectivity index (χ2n) is 12.9. The van der Waals surface area contributed by atoms with E-state index in [1.54, 1.807) is 25.7 Å². The SMILES string of the molecule is COc1cc(C(=O)N2C[C@H](N)CC[C@@H]2C)cc2nc(-c3cc4ccc(-c5cccnc5-c5cncnc5)nc4n3CC3CC3)n(C)c12. The summed E-state index contributed by atoms with van der Waals surface area (Å²) in [5.74, 6) is 1.95. The van der Waals surface area contributed by atoms with Gasteiger partial charge in [-0.1, -0.05) is 0 Å². The molecule has 2 fully saturated rings. The number of benzene rings is 1. The van der Waals surface area contributed by atoms with Crippen LogP contribution in [0.1, 0.15) is 43.0 Å². The fraction of sp³-hybridized carbons (Fsp3) is 0.333. The number of hydrogen-bond donors (Lipinski definition) is 1. The Bertz CT molecular complexity index is 2130. The van der Waals surface area contributed by atoms with Crippen molar-refractivity contribution in [2.24, 2.45) is 18.7 Å². The smallest absolute Gasteiger partial charge is 0.254 e. The first-order valence-corrected chi connectivity index (χ1v) is 16.2. The van der Waals surface area contributed by atoms with E-state index < -0.39 is 0 Å². The molecule has 0 bridgehead atoms. The third-order valence-electron chi connectivity index (χ3n) is 9.61. The van der Waals surface area contributed by atoms with Crippen LogP contribution in [0.3, 0.4) is 0 Å². The van der Waals surface area contributed by atoms with Gasteiger partial charge in [-0.2, -0.15) is 0 Å². The van der Waals surface area contributed by atoms with Crippen molar-refractivity contribution in [3.05, 3.63) is 72.9 Å². The van der Waals surface area contributed by atoms with Crippen LogP contribution in [-0.4, -0.2) is 70.6 Å². The number of aryl methyl sites for hydroxylation is 1. The average Bonchev–Trinajstić information content (AvgIpc) is 3.78. The Balaban J connectivity index is 1.25. The molecule has 47 heavy (non-hydrogen) atoms. The summed E-state index contributed by atoms with van der Waals surface area (Å²) in [6, 6.07) is 14.1. The summed E-state index contributed by atoms with van der Waals surface area (Å²) in [4.78, 5) is 39.1. The van der Waals surface area contributed by atoms with E-state index >= 15 is 0 Å². The zero-order valence-electron chi connectivity index (χ0n) is 26.8. The summed E-state index contributed by atoms with van der Waals surface area (Å²) in [5, 5.41) is 1.03. The third-order valence-corrected chi connectivity index (χ3v) is 9.61. The lowest BCUT2D eigenvalue weighted by atomic mass is 9.99. The quantitative estimate of drug-likeness (QED) is 0.246. The molecule has 2 aliphatic rings. The molecule has 1 saturated heterocycles. The number of likely N-dealkylation sites (tertiary alicyclic amines) is 1. The highest BCUT2D eigenvalue weighted by Gasteiger charge is 2.30. The van der Waals surface area contributed by atoms with Crippen molar-refractivity contribution in [3.8, 4) is 39.8 Å². The van der Waals surface area contributed by atoms with Gasteiger partial charge in [0.05, 0.1) is 29.7 Å². The van der Waals surface area contributed by atoms with Gasteiger partial charge in [0.1, 0.15) is 23.2 Å². The molecule has 5 aromatic heterocycles. The van der Waals surface area contributed by atoms with Crippen LogP contribution >= 0.6 is 0 Å². The highest BCUT2D eigenvalue weighted by molar-refractivity contribution is 6.00. The van der Waals surface area contributed by atoms with Gasteiger partial charge in [0.2, 0.25) is 0 Å². The molecule has 11 heteroatoms.